The summed E-state index contributed by atoms with van der Waals surface area (Å²) in [6.07, 6.45) is -8.78. The minimum atomic E-state index is -4.98. The Labute approximate surface area is 222 Å². The average molecular weight is 562 g/mol. The second-order valence-corrected chi connectivity index (χ2v) is 10.1. The van der Waals surface area contributed by atoms with Gasteiger partial charge in [-0.1, -0.05) is 6.07 Å². The highest BCUT2D eigenvalue weighted by Crippen LogP contribution is 2.38. The number of hydrogen-bond donors (Lipinski definition) is 0. The van der Waals surface area contributed by atoms with Crippen LogP contribution < -0.4 is 0 Å². The number of urea groups is 1. The number of piperidine rings is 1. The van der Waals surface area contributed by atoms with E-state index in [0.29, 0.717) is 50.3 Å². The van der Waals surface area contributed by atoms with E-state index in [4.69, 9.17) is 4.74 Å². The third-order valence-electron chi connectivity index (χ3n) is 7.37. The largest absolute Gasteiger partial charge is 0.416 e. The van der Waals surface area contributed by atoms with Gasteiger partial charge in [0.05, 0.1) is 30.4 Å². The summed E-state index contributed by atoms with van der Waals surface area (Å²) in [6, 6.07) is 4.79. The molecule has 4 rings (SSSR count). The van der Waals surface area contributed by atoms with Crippen LogP contribution in [0, 0.1) is 12.7 Å². The van der Waals surface area contributed by atoms with Crippen LogP contribution in [0.1, 0.15) is 46.7 Å². The molecule has 0 bridgehead atoms. The van der Waals surface area contributed by atoms with Crippen LogP contribution in [0.5, 0.6) is 0 Å². The van der Waals surface area contributed by atoms with Crippen LogP contribution in [0.2, 0.25) is 0 Å². The fraction of sp³-hybridized carbons (Fsp3) is 0.519. The van der Waals surface area contributed by atoms with Crippen LogP contribution in [-0.2, 0) is 23.6 Å². The van der Waals surface area contributed by atoms with Gasteiger partial charge in [-0.2, -0.15) is 26.3 Å². The highest BCUT2D eigenvalue weighted by Gasteiger charge is 2.39. The Morgan fingerprint density at radius 2 is 1.59 bits per heavy atom. The number of hydrogen-bond acceptors (Lipinski definition) is 3. The molecule has 2 aliphatic rings. The molecule has 2 saturated heterocycles. The SMILES string of the molecule is Cc1cc(F)ccc1[C@H]1C[C@H](N2CCOCC2)CCN1C(=O)N(C)Cc1cc(C(F)(F)F)cc(C(F)(F)F)c1. The van der Waals surface area contributed by atoms with Crippen molar-refractivity contribution < 1.29 is 40.3 Å². The molecule has 2 amide bonds. The van der Waals surface area contributed by atoms with Gasteiger partial charge < -0.3 is 14.5 Å². The summed E-state index contributed by atoms with van der Waals surface area (Å²) in [5.41, 5.74) is -1.75. The number of benzene rings is 2. The monoisotopic (exact) mass is 561 g/mol. The minimum Gasteiger partial charge on any atom is -0.379 e. The Morgan fingerprint density at radius 1 is 0.974 bits per heavy atom. The number of likely N-dealkylation sites (tertiary alicyclic amines) is 1. The Balaban J connectivity index is 1.60. The van der Waals surface area contributed by atoms with E-state index in [1.165, 1.54) is 19.2 Å². The van der Waals surface area contributed by atoms with Crippen molar-refractivity contribution in [3.05, 3.63) is 70.0 Å². The minimum absolute atomic E-state index is 0.0646. The van der Waals surface area contributed by atoms with E-state index in [0.717, 1.165) is 23.6 Å². The highest BCUT2D eigenvalue weighted by atomic mass is 19.4. The van der Waals surface area contributed by atoms with Gasteiger partial charge in [-0.15, -0.1) is 0 Å². The van der Waals surface area contributed by atoms with Crippen molar-refractivity contribution in [3.8, 4) is 0 Å². The molecular weight excluding hydrogens is 531 g/mol. The Kier molecular flexibility index (Phi) is 8.46. The maximum Gasteiger partial charge on any atom is 0.416 e. The van der Waals surface area contributed by atoms with E-state index in [1.807, 2.05) is 0 Å². The lowest BCUT2D eigenvalue weighted by Crippen LogP contribution is -2.53. The van der Waals surface area contributed by atoms with Gasteiger partial charge in [0.15, 0.2) is 0 Å². The van der Waals surface area contributed by atoms with Crippen LogP contribution in [-0.4, -0.2) is 66.7 Å². The standard InChI is InChI=1S/C27H30F7N3O2/c1-17-11-21(28)3-4-23(17)24-15-22(36-7-9-39-10-8-36)5-6-37(24)25(38)35(2)16-18-12-19(26(29,30)31)14-20(13-18)27(32,33)34/h3-4,11-14,22,24H,5-10,15-16H2,1-2H3/t22-,24-/m1/s1. The quantitative estimate of drug-likeness (QED) is 0.414. The summed E-state index contributed by atoms with van der Waals surface area (Å²) in [4.78, 5) is 18.6. The van der Waals surface area contributed by atoms with E-state index in [9.17, 15) is 35.5 Å². The molecule has 2 aromatic carbocycles. The molecule has 2 aliphatic heterocycles. The van der Waals surface area contributed by atoms with Crippen molar-refractivity contribution in [3.63, 3.8) is 0 Å². The molecule has 0 saturated carbocycles. The molecule has 0 N–H and O–H groups in total. The van der Waals surface area contributed by atoms with Gasteiger partial charge in [0.25, 0.3) is 0 Å². The molecule has 214 valence electrons. The van der Waals surface area contributed by atoms with Crippen molar-refractivity contribution in [2.24, 2.45) is 0 Å². The van der Waals surface area contributed by atoms with Gasteiger partial charge in [-0.25, -0.2) is 9.18 Å². The van der Waals surface area contributed by atoms with Gasteiger partial charge >= 0.3 is 18.4 Å². The summed E-state index contributed by atoms with van der Waals surface area (Å²) in [5, 5.41) is 0. The second kappa shape index (κ2) is 11.3. The first-order valence-corrected chi connectivity index (χ1v) is 12.6. The summed E-state index contributed by atoms with van der Waals surface area (Å²) >= 11 is 0. The molecule has 0 aromatic heterocycles. The smallest absolute Gasteiger partial charge is 0.379 e. The zero-order valence-corrected chi connectivity index (χ0v) is 21.6. The number of ether oxygens (including phenoxy) is 1. The number of nitrogens with zero attached hydrogens (tertiary/aromatic N) is 3. The zero-order chi connectivity index (χ0) is 28.5. The zero-order valence-electron chi connectivity index (χ0n) is 21.6. The number of halogens is 7. The topological polar surface area (TPSA) is 36.0 Å². The summed E-state index contributed by atoms with van der Waals surface area (Å²) in [6.45, 7) is 4.28. The van der Waals surface area contributed by atoms with Gasteiger partial charge in [-0.05, 0) is 66.8 Å². The molecular formula is C27H30F7N3O2. The molecule has 39 heavy (non-hydrogen) atoms. The van der Waals surface area contributed by atoms with Gasteiger partial charge in [-0.3, -0.25) is 4.90 Å². The molecule has 0 aliphatic carbocycles. The number of amides is 2. The number of morpholine rings is 1. The van der Waals surface area contributed by atoms with Crippen LogP contribution in [0.4, 0.5) is 35.5 Å². The lowest BCUT2D eigenvalue weighted by atomic mass is 9.88. The van der Waals surface area contributed by atoms with Gasteiger partial charge in [0.1, 0.15) is 5.82 Å². The Morgan fingerprint density at radius 3 is 2.15 bits per heavy atom. The molecule has 2 fully saturated rings. The van der Waals surface area contributed by atoms with Crippen LogP contribution >= 0.6 is 0 Å². The average Bonchev–Trinajstić information content (AvgIpc) is 2.87. The van der Waals surface area contributed by atoms with E-state index in [-0.39, 0.29) is 17.7 Å². The fourth-order valence-electron chi connectivity index (χ4n) is 5.43. The fourth-order valence-corrected chi connectivity index (χ4v) is 5.43. The number of aryl methyl sites for hydroxylation is 1. The van der Waals surface area contributed by atoms with E-state index < -0.39 is 47.9 Å². The molecule has 2 heterocycles. The predicted molar refractivity (Wildman–Crippen MR) is 129 cm³/mol. The van der Waals surface area contributed by atoms with Gasteiger partial charge in [0.2, 0.25) is 0 Å². The number of carbonyl (C=O) groups excluding carboxylic acids is 1. The van der Waals surface area contributed by atoms with Crippen molar-refractivity contribution in [2.75, 3.05) is 39.9 Å². The highest BCUT2D eigenvalue weighted by molar-refractivity contribution is 5.75. The number of alkyl halides is 6. The molecule has 12 heteroatoms. The number of carbonyl (C=O) groups is 1. The van der Waals surface area contributed by atoms with E-state index in [1.54, 1.807) is 17.9 Å². The van der Waals surface area contributed by atoms with Gasteiger partial charge in [0, 0.05) is 39.3 Å². The molecule has 5 nitrogen and oxygen atoms in total. The summed E-state index contributed by atoms with van der Waals surface area (Å²) in [5.74, 6) is -0.420. The summed E-state index contributed by atoms with van der Waals surface area (Å²) < 4.78 is 99.3. The third-order valence-corrected chi connectivity index (χ3v) is 7.37. The molecule has 2 aromatic rings. The predicted octanol–water partition coefficient (Wildman–Crippen LogP) is 6.26. The number of rotatable bonds is 4. The first kappa shape index (κ1) is 29.1. The molecule has 2 atom stereocenters. The van der Waals surface area contributed by atoms with E-state index >= 15 is 0 Å². The third kappa shape index (κ3) is 6.84. The normalized spacial score (nSPS) is 21.2. The van der Waals surface area contributed by atoms with Crippen molar-refractivity contribution in [1.29, 1.82) is 0 Å². The molecule has 0 spiro atoms. The van der Waals surface area contributed by atoms with Crippen LogP contribution in [0.25, 0.3) is 0 Å². The lowest BCUT2D eigenvalue weighted by molar-refractivity contribution is -0.143. The van der Waals surface area contributed by atoms with Crippen LogP contribution in [0.3, 0.4) is 0 Å². The molecule has 0 unspecified atom stereocenters. The maximum absolute atomic E-state index is 13.9. The lowest BCUT2D eigenvalue weighted by Gasteiger charge is -2.45. The Hall–Kier alpha value is -2.86. The van der Waals surface area contributed by atoms with Crippen molar-refractivity contribution in [2.45, 2.75) is 50.7 Å². The maximum atomic E-state index is 13.9. The van der Waals surface area contributed by atoms with E-state index in [2.05, 4.69) is 4.90 Å². The Bertz CT molecular complexity index is 1150. The van der Waals surface area contributed by atoms with Crippen LogP contribution in [0.15, 0.2) is 36.4 Å². The summed E-state index contributed by atoms with van der Waals surface area (Å²) in [7, 11) is 1.35. The second-order valence-electron chi connectivity index (χ2n) is 10.1. The van der Waals surface area contributed by atoms with Crippen molar-refractivity contribution in [1.82, 2.24) is 14.7 Å². The first-order valence-electron chi connectivity index (χ1n) is 12.6. The molecule has 0 radical (unpaired) electrons. The first-order chi connectivity index (χ1) is 18.2. The van der Waals surface area contributed by atoms with Crippen molar-refractivity contribution >= 4 is 6.03 Å².